The molecule has 2 heterocycles. The fraction of sp³-hybridized carbons (Fsp3) is 0.923. The Hall–Kier alpha value is -0.850. The second kappa shape index (κ2) is 5.64. The van der Waals surface area contributed by atoms with Crippen molar-refractivity contribution in [3.8, 4) is 0 Å². The predicted octanol–water partition coefficient (Wildman–Crippen LogP) is 0.612. The molecule has 0 unspecified atom stereocenters. The molecule has 0 aromatic rings. The summed E-state index contributed by atoms with van der Waals surface area (Å²) >= 11 is 0. The number of amides is 1. The summed E-state index contributed by atoms with van der Waals surface area (Å²) in [6.07, 6.45) is -0.278. The zero-order valence-electron chi connectivity index (χ0n) is 12.0. The maximum absolute atomic E-state index is 12.1. The number of hydrogen-bond donors (Lipinski definition) is 1. The Morgan fingerprint density at radius 3 is 2.89 bits per heavy atom. The topological polar surface area (TPSA) is 60.0 Å². The molecule has 0 aliphatic carbocycles. The van der Waals surface area contributed by atoms with E-state index in [0.29, 0.717) is 39.5 Å². The van der Waals surface area contributed by atoms with Gasteiger partial charge in [0.2, 0.25) is 0 Å². The van der Waals surface area contributed by atoms with Crippen molar-refractivity contribution in [3.63, 3.8) is 0 Å². The summed E-state index contributed by atoms with van der Waals surface area (Å²) < 4.78 is 16.8. The molecule has 0 radical (unpaired) electrons. The third-order valence-corrected chi connectivity index (χ3v) is 3.14. The molecule has 2 saturated heterocycles. The van der Waals surface area contributed by atoms with Gasteiger partial charge in [0.15, 0.2) is 0 Å². The highest BCUT2D eigenvalue weighted by Crippen LogP contribution is 2.21. The van der Waals surface area contributed by atoms with E-state index in [1.807, 2.05) is 20.8 Å². The molecule has 0 saturated carbocycles. The summed E-state index contributed by atoms with van der Waals surface area (Å²) in [5, 5.41) is 3.29. The van der Waals surface area contributed by atoms with Gasteiger partial charge in [0.25, 0.3) is 0 Å². The van der Waals surface area contributed by atoms with Gasteiger partial charge in [-0.2, -0.15) is 0 Å². The third kappa shape index (κ3) is 4.06. The number of rotatable bonds is 0. The highest BCUT2D eigenvalue weighted by atomic mass is 16.6. The van der Waals surface area contributed by atoms with Crippen molar-refractivity contribution in [1.29, 1.82) is 0 Å². The monoisotopic (exact) mass is 272 g/mol. The molecule has 110 valence electrons. The molecule has 2 rings (SSSR count). The molecule has 1 spiro atoms. The fourth-order valence-corrected chi connectivity index (χ4v) is 2.29. The SMILES string of the molecule is CC(C)(C)OC(=O)N1CCO[C@]2(CNCCOC2)C1. The van der Waals surface area contributed by atoms with Crippen LogP contribution in [0.5, 0.6) is 0 Å². The van der Waals surface area contributed by atoms with Crippen LogP contribution in [0.1, 0.15) is 20.8 Å². The maximum atomic E-state index is 12.1. The largest absolute Gasteiger partial charge is 0.444 e. The maximum Gasteiger partial charge on any atom is 0.410 e. The minimum absolute atomic E-state index is 0.278. The fourth-order valence-electron chi connectivity index (χ4n) is 2.29. The van der Waals surface area contributed by atoms with E-state index in [4.69, 9.17) is 14.2 Å². The second-order valence-corrected chi connectivity index (χ2v) is 6.16. The molecular weight excluding hydrogens is 248 g/mol. The first-order chi connectivity index (χ1) is 8.90. The zero-order chi connectivity index (χ0) is 13.9. The summed E-state index contributed by atoms with van der Waals surface area (Å²) in [5.41, 5.74) is -0.910. The quantitative estimate of drug-likeness (QED) is 0.700. The first-order valence-electron chi connectivity index (χ1n) is 6.81. The van der Waals surface area contributed by atoms with E-state index in [2.05, 4.69) is 5.32 Å². The molecule has 0 bridgehead atoms. The molecule has 1 N–H and O–H groups in total. The number of carbonyl (C=O) groups excluding carboxylic acids is 1. The lowest BCUT2D eigenvalue weighted by molar-refractivity contribution is -0.131. The number of hydrogen-bond acceptors (Lipinski definition) is 5. The van der Waals surface area contributed by atoms with Crippen LogP contribution < -0.4 is 5.32 Å². The van der Waals surface area contributed by atoms with Gasteiger partial charge in [-0.25, -0.2) is 4.79 Å². The molecule has 2 aliphatic rings. The van der Waals surface area contributed by atoms with E-state index in [1.54, 1.807) is 4.90 Å². The lowest BCUT2D eigenvalue weighted by Crippen LogP contribution is -2.59. The third-order valence-electron chi connectivity index (χ3n) is 3.14. The van der Waals surface area contributed by atoms with Gasteiger partial charge in [0, 0.05) is 19.6 Å². The lowest BCUT2D eigenvalue weighted by Gasteiger charge is -2.41. The van der Waals surface area contributed by atoms with Crippen LogP contribution in [0, 0.1) is 0 Å². The number of carbonyl (C=O) groups is 1. The standard InChI is InChI=1S/C13H24N2O4/c1-12(2,3)19-11(16)15-5-7-18-13(9-15)8-14-4-6-17-10-13/h14H,4-10H2,1-3H3/t13-/m1/s1. The van der Waals surface area contributed by atoms with Gasteiger partial charge >= 0.3 is 6.09 Å². The predicted molar refractivity (Wildman–Crippen MR) is 70.2 cm³/mol. The van der Waals surface area contributed by atoms with Crippen molar-refractivity contribution in [2.24, 2.45) is 0 Å². The van der Waals surface area contributed by atoms with Crippen LogP contribution in [0.25, 0.3) is 0 Å². The minimum Gasteiger partial charge on any atom is -0.444 e. The van der Waals surface area contributed by atoms with Crippen LogP contribution in [-0.4, -0.2) is 68.2 Å². The molecule has 2 fully saturated rings. The number of morpholine rings is 1. The molecule has 0 aromatic carbocycles. The highest BCUT2D eigenvalue weighted by molar-refractivity contribution is 5.68. The summed E-state index contributed by atoms with van der Waals surface area (Å²) in [4.78, 5) is 13.8. The Balaban J connectivity index is 1.98. The lowest BCUT2D eigenvalue weighted by atomic mass is 10.0. The van der Waals surface area contributed by atoms with Crippen molar-refractivity contribution in [2.75, 3.05) is 46.0 Å². The number of nitrogens with one attached hydrogen (secondary N) is 1. The Labute approximate surface area is 114 Å². The average molecular weight is 272 g/mol. The molecule has 2 aliphatic heterocycles. The Morgan fingerprint density at radius 2 is 2.16 bits per heavy atom. The molecule has 6 heteroatoms. The highest BCUT2D eigenvalue weighted by Gasteiger charge is 2.40. The van der Waals surface area contributed by atoms with Gasteiger partial charge in [-0.15, -0.1) is 0 Å². The first kappa shape index (κ1) is 14.6. The Kier molecular flexibility index (Phi) is 4.32. The van der Waals surface area contributed by atoms with Crippen LogP contribution in [0.2, 0.25) is 0 Å². The Morgan fingerprint density at radius 1 is 1.37 bits per heavy atom. The van der Waals surface area contributed by atoms with Crippen molar-refractivity contribution < 1.29 is 19.0 Å². The van der Waals surface area contributed by atoms with Gasteiger partial charge in [0.05, 0.1) is 26.4 Å². The first-order valence-corrected chi connectivity index (χ1v) is 6.81. The zero-order valence-corrected chi connectivity index (χ0v) is 12.0. The second-order valence-electron chi connectivity index (χ2n) is 6.16. The van der Waals surface area contributed by atoms with E-state index < -0.39 is 11.2 Å². The van der Waals surface area contributed by atoms with E-state index in [0.717, 1.165) is 6.54 Å². The molecule has 6 nitrogen and oxygen atoms in total. The van der Waals surface area contributed by atoms with Crippen molar-refractivity contribution in [3.05, 3.63) is 0 Å². The van der Waals surface area contributed by atoms with E-state index in [-0.39, 0.29) is 6.09 Å². The molecular formula is C13H24N2O4. The van der Waals surface area contributed by atoms with Gasteiger partial charge < -0.3 is 24.4 Å². The van der Waals surface area contributed by atoms with E-state index in [1.165, 1.54) is 0 Å². The smallest absolute Gasteiger partial charge is 0.410 e. The summed E-state index contributed by atoms with van der Waals surface area (Å²) in [7, 11) is 0. The van der Waals surface area contributed by atoms with Crippen molar-refractivity contribution in [1.82, 2.24) is 10.2 Å². The number of ether oxygens (including phenoxy) is 3. The molecule has 1 atom stereocenters. The van der Waals surface area contributed by atoms with Crippen LogP contribution in [0.3, 0.4) is 0 Å². The average Bonchev–Trinajstić information content (AvgIpc) is 2.53. The summed E-state index contributed by atoms with van der Waals surface area (Å²) in [5.74, 6) is 0. The van der Waals surface area contributed by atoms with Crippen LogP contribution >= 0.6 is 0 Å². The van der Waals surface area contributed by atoms with Crippen LogP contribution in [0.4, 0.5) is 4.79 Å². The summed E-state index contributed by atoms with van der Waals surface area (Å²) in [6, 6.07) is 0. The van der Waals surface area contributed by atoms with Crippen LogP contribution in [-0.2, 0) is 14.2 Å². The Bertz CT molecular complexity index is 319. The normalized spacial score (nSPS) is 29.1. The van der Waals surface area contributed by atoms with Crippen LogP contribution in [0.15, 0.2) is 0 Å². The molecule has 19 heavy (non-hydrogen) atoms. The van der Waals surface area contributed by atoms with Crippen molar-refractivity contribution >= 4 is 6.09 Å². The molecule has 0 aromatic heterocycles. The summed E-state index contributed by atoms with van der Waals surface area (Å²) in [6.45, 7) is 9.92. The van der Waals surface area contributed by atoms with Crippen molar-refractivity contribution in [2.45, 2.75) is 32.0 Å². The minimum atomic E-state index is -0.471. The van der Waals surface area contributed by atoms with E-state index in [9.17, 15) is 4.79 Å². The van der Waals surface area contributed by atoms with Gasteiger partial charge in [-0.3, -0.25) is 0 Å². The molecule has 1 amide bonds. The number of nitrogens with zero attached hydrogens (tertiary/aromatic N) is 1. The van der Waals surface area contributed by atoms with E-state index >= 15 is 0 Å². The van der Waals surface area contributed by atoms with Gasteiger partial charge in [0.1, 0.15) is 11.2 Å². The van der Waals surface area contributed by atoms with Gasteiger partial charge in [-0.1, -0.05) is 0 Å². The van der Waals surface area contributed by atoms with Gasteiger partial charge in [-0.05, 0) is 20.8 Å².